The molecule has 0 aliphatic carbocycles. The lowest BCUT2D eigenvalue weighted by molar-refractivity contribution is 0.0652. The summed E-state index contributed by atoms with van der Waals surface area (Å²) in [5.41, 5.74) is -0.174. The van der Waals surface area contributed by atoms with Crippen LogP contribution in [0.4, 0.5) is 5.69 Å². The van der Waals surface area contributed by atoms with Crippen molar-refractivity contribution < 1.29 is 14.6 Å². The molecule has 4 rings (SSSR count). The quantitative estimate of drug-likeness (QED) is 0.768. The van der Waals surface area contributed by atoms with E-state index in [1.54, 1.807) is 60.9 Å². The van der Waals surface area contributed by atoms with Crippen molar-refractivity contribution in [3.8, 4) is 5.75 Å². The predicted molar refractivity (Wildman–Crippen MR) is 92.4 cm³/mol. The number of ether oxygens (including phenoxy) is 1. The second kappa shape index (κ2) is 5.75. The summed E-state index contributed by atoms with van der Waals surface area (Å²) in [5, 5.41) is 11.5. The third-order valence-electron chi connectivity index (χ3n) is 4.29. The zero-order valence-electron chi connectivity index (χ0n) is 13.6. The molecule has 1 unspecified atom stereocenters. The number of amides is 1. The van der Waals surface area contributed by atoms with E-state index in [0.717, 1.165) is 0 Å². The van der Waals surface area contributed by atoms with Crippen LogP contribution in [0.25, 0.3) is 0 Å². The Morgan fingerprint density at radius 3 is 2.64 bits per heavy atom. The number of carbonyl (C=O) groups is 1. The third-order valence-corrected chi connectivity index (χ3v) is 4.29. The van der Waals surface area contributed by atoms with E-state index < -0.39 is 5.72 Å². The van der Waals surface area contributed by atoms with Crippen molar-refractivity contribution in [1.29, 1.82) is 0 Å². The Kier molecular flexibility index (Phi) is 3.54. The molecule has 0 fully saturated rings. The zero-order valence-corrected chi connectivity index (χ0v) is 13.6. The maximum atomic E-state index is 13.0. The van der Waals surface area contributed by atoms with Crippen LogP contribution in [0.3, 0.4) is 0 Å². The minimum absolute atomic E-state index is 0.279. The second-order valence-electron chi connectivity index (χ2n) is 5.72. The van der Waals surface area contributed by atoms with Gasteiger partial charge in [0.15, 0.2) is 5.82 Å². The van der Waals surface area contributed by atoms with E-state index in [2.05, 4.69) is 9.97 Å². The van der Waals surface area contributed by atoms with E-state index in [-0.39, 0.29) is 5.91 Å². The molecule has 2 N–H and O–H groups in total. The van der Waals surface area contributed by atoms with Gasteiger partial charge < -0.3 is 14.8 Å². The molecule has 2 aromatic carbocycles. The lowest BCUT2D eigenvalue weighted by atomic mass is 10.0. The molecule has 1 aliphatic rings. The van der Waals surface area contributed by atoms with Crippen LogP contribution in [-0.4, -0.2) is 27.6 Å². The first-order valence-electron chi connectivity index (χ1n) is 8.05. The first-order chi connectivity index (χ1) is 12.2. The summed E-state index contributed by atoms with van der Waals surface area (Å²) >= 11 is 0. The highest BCUT2D eigenvalue weighted by Crippen LogP contribution is 2.43. The number of anilines is 1. The minimum atomic E-state index is -1.69. The number of benzene rings is 2. The monoisotopic (exact) mass is 335 g/mol. The molecule has 6 heteroatoms. The van der Waals surface area contributed by atoms with Crippen molar-refractivity contribution in [2.45, 2.75) is 12.6 Å². The lowest BCUT2D eigenvalue weighted by Gasteiger charge is -2.32. The summed E-state index contributed by atoms with van der Waals surface area (Å²) in [6, 6.07) is 14.1. The SMILES string of the molecule is CCOc1ccc(N2C(=O)c3ccccc3C2(O)c2ncc[nH]2)cc1. The van der Waals surface area contributed by atoms with Crippen molar-refractivity contribution in [3.63, 3.8) is 0 Å². The summed E-state index contributed by atoms with van der Waals surface area (Å²) in [5.74, 6) is 0.718. The van der Waals surface area contributed by atoms with E-state index >= 15 is 0 Å². The highest BCUT2D eigenvalue weighted by molar-refractivity contribution is 6.12. The summed E-state index contributed by atoms with van der Waals surface area (Å²) in [6.07, 6.45) is 3.17. The van der Waals surface area contributed by atoms with E-state index in [0.29, 0.717) is 35.0 Å². The Morgan fingerprint density at radius 1 is 1.20 bits per heavy atom. The topological polar surface area (TPSA) is 78.4 Å². The fourth-order valence-electron chi connectivity index (χ4n) is 3.21. The Morgan fingerprint density at radius 2 is 1.96 bits per heavy atom. The Labute approximate surface area is 144 Å². The molecule has 1 atom stereocenters. The van der Waals surface area contributed by atoms with Crippen LogP contribution >= 0.6 is 0 Å². The Hall–Kier alpha value is -3.12. The van der Waals surface area contributed by atoms with E-state index in [1.807, 2.05) is 6.92 Å². The molecule has 2 heterocycles. The number of carbonyl (C=O) groups excluding carboxylic acids is 1. The number of aromatic nitrogens is 2. The number of H-pyrrole nitrogens is 1. The predicted octanol–water partition coefficient (Wildman–Crippen LogP) is 2.66. The number of fused-ring (bicyclic) bond motifs is 1. The number of hydrogen-bond donors (Lipinski definition) is 2. The molecule has 1 aliphatic heterocycles. The minimum Gasteiger partial charge on any atom is -0.494 e. The smallest absolute Gasteiger partial charge is 0.261 e. The van der Waals surface area contributed by atoms with Gasteiger partial charge >= 0.3 is 0 Å². The average Bonchev–Trinajstić information content (AvgIpc) is 3.25. The average molecular weight is 335 g/mol. The van der Waals surface area contributed by atoms with Crippen molar-refractivity contribution in [2.75, 3.05) is 11.5 Å². The van der Waals surface area contributed by atoms with Crippen molar-refractivity contribution in [3.05, 3.63) is 77.9 Å². The van der Waals surface area contributed by atoms with Crippen LogP contribution in [-0.2, 0) is 5.72 Å². The summed E-state index contributed by atoms with van der Waals surface area (Å²) in [4.78, 5) is 21.5. The zero-order chi connectivity index (χ0) is 17.4. The number of aliphatic hydroxyl groups is 1. The largest absolute Gasteiger partial charge is 0.494 e. The van der Waals surface area contributed by atoms with E-state index in [9.17, 15) is 9.90 Å². The van der Waals surface area contributed by atoms with Gasteiger partial charge in [-0.3, -0.25) is 9.69 Å². The van der Waals surface area contributed by atoms with E-state index in [1.165, 1.54) is 4.90 Å². The molecule has 1 aromatic heterocycles. The number of nitrogens with zero attached hydrogens (tertiary/aromatic N) is 2. The highest BCUT2D eigenvalue weighted by Gasteiger charge is 2.52. The van der Waals surface area contributed by atoms with Gasteiger partial charge in [0.1, 0.15) is 5.75 Å². The van der Waals surface area contributed by atoms with Crippen LogP contribution in [0.5, 0.6) is 5.75 Å². The van der Waals surface area contributed by atoms with Gasteiger partial charge in [-0.2, -0.15) is 0 Å². The molecule has 3 aromatic rings. The van der Waals surface area contributed by atoms with Crippen LogP contribution in [0.1, 0.15) is 28.7 Å². The van der Waals surface area contributed by atoms with Gasteiger partial charge in [0.25, 0.3) is 5.91 Å². The molecule has 0 saturated carbocycles. The molecule has 25 heavy (non-hydrogen) atoms. The van der Waals surface area contributed by atoms with Gasteiger partial charge in [0.05, 0.1) is 6.61 Å². The highest BCUT2D eigenvalue weighted by atomic mass is 16.5. The summed E-state index contributed by atoms with van der Waals surface area (Å²) < 4.78 is 5.45. The lowest BCUT2D eigenvalue weighted by Crippen LogP contribution is -2.45. The molecule has 0 saturated heterocycles. The molecular formula is C19H17N3O3. The normalized spacial score (nSPS) is 19.1. The molecule has 126 valence electrons. The third kappa shape index (κ3) is 2.22. The number of hydrogen-bond acceptors (Lipinski definition) is 4. The van der Waals surface area contributed by atoms with Crippen molar-refractivity contribution in [2.24, 2.45) is 0 Å². The molecule has 0 bridgehead atoms. The van der Waals surface area contributed by atoms with Gasteiger partial charge in [0.2, 0.25) is 5.72 Å². The fraction of sp³-hybridized carbons (Fsp3) is 0.158. The maximum Gasteiger partial charge on any atom is 0.261 e. The number of aromatic amines is 1. The van der Waals surface area contributed by atoms with Gasteiger partial charge in [-0.25, -0.2) is 4.98 Å². The van der Waals surface area contributed by atoms with Crippen molar-refractivity contribution >= 4 is 11.6 Å². The second-order valence-corrected chi connectivity index (χ2v) is 5.72. The number of imidazole rings is 1. The van der Waals surface area contributed by atoms with Crippen molar-refractivity contribution in [1.82, 2.24) is 9.97 Å². The Bertz CT molecular complexity index is 906. The van der Waals surface area contributed by atoms with Crippen LogP contribution in [0, 0.1) is 0 Å². The summed E-state index contributed by atoms with van der Waals surface area (Å²) in [6.45, 7) is 2.47. The number of nitrogens with one attached hydrogen (secondary N) is 1. The van der Waals surface area contributed by atoms with Gasteiger partial charge in [-0.05, 0) is 37.3 Å². The maximum absolute atomic E-state index is 13.0. The number of rotatable bonds is 4. The molecule has 0 radical (unpaired) electrons. The van der Waals surface area contributed by atoms with Gasteiger partial charge in [0, 0.05) is 29.2 Å². The first-order valence-corrected chi connectivity index (χ1v) is 8.05. The first kappa shape index (κ1) is 15.4. The summed E-state index contributed by atoms with van der Waals surface area (Å²) in [7, 11) is 0. The molecular weight excluding hydrogens is 318 g/mol. The molecule has 0 spiro atoms. The van der Waals surface area contributed by atoms with E-state index in [4.69, 9.17) is 4.74 Å². The van der Waals surface area contributed by atoms with Crippen LogP contribution in [0.2, 0.25) is 0 Å². The van der Waals surface area contributed by atoms with Crippen LogP contribution in [0.15, 0.2) is 60.9 Å². The van der Waals surface area contributed by atoms with Gasteiger partial charge in [-0.1, -0.05) is 18.2 Å². The molecule has 6 nitrogen and oxygen atoms in total. The standard InChI is InChI=1S/C19H17N3O3/c1-2-25-14-9-7-13(8-10-14)22-17(23)15-5-3-4-6-16(15)19(22,24)18-20-11-12-21-18/h3-12,24H,2H2,1H3,(H,20,21). The molecule has 1 amide bonds. The van der Waals surface area contributed by atoms with Crippen LogP contribution < -0.4 is 9.64 Å². The fourth-order valence-corrected chi connectivity index (χ4v) is 3.21. The Balaban J connectivity index is 1.87. The van der Waals surface area contributed by atoms with Gasteiger partial charge in [-0.15, -0.1) is 0 Å².